The Balaban J connectivity index is 1.34. The van der Waals surface area contributed by atoms with Crippen molar-refractivity contribution in [3.8, 4) is 11.4 Å². The van der Waals surface area contributed by atoms with Gasteiger partial charge >= 0.3 is 0 Å². The van der Waals surface area contributed by atoms with Crippen LogP contribution >= 0.6 is 0 Å². The van der Waals surface area contributed by atoms with Gasteiger partial charge in [0.2, 0.25) is 0 Å². The number of ether oxygens (including phenoxy) is 2. The van der Waals surface area contributed by atoms with Crippen molar-refractivity contribution in [3.05, 3.63) is 70.1 Å². The molecule has 1 aliphatic carbocycles. The number of rotatable bonds is 8. The molecule has 1 aliphatic heterocycles. The van der Waals surface area contributed by atoms with Crippen molar-refractivity contribution in [3.63, 3.8) is 0 Å². The lowest BCUT2D eigenvalue weighted by molar-refractivity contribution is 0.0358. The number of morpholine rings is 1. The molecule has 2 fully saturated rings. The van der Waals surface area contributed by atoms with Gasteiger partial charge in [-0.05, 0) is 67.5 Å². The number of nitrogens with zero attached hydrogens (tertiary/aromatic N) is 2. The predicted octanol–water partition coefficient (Wildman–Crippen LogP) is 3.29. The number of carbonyl (C=O) groups excluding carboxylic acids is 1. The monoisotopic (exact) mass is 461 g/mol. The molecule has 34 heavy (non-hydrogen) atoms. The molecule has 2 aromatic carbocycles. The highest BCUT2D eigenvalue weighted by atomic mass is 16.5. The van der Waals surface area contributed by atoms with Crippen molar-refractivity contribution < 1.29 is 14.3 Å². The minimum atomic E-state index is -0.126. The number of aryl methyl sites for hydroxylation is 1. The highest BCUT2D eigenvalue weighted by Gasteiger charge is 2.24. The summed E-state index contributed by atoms with van der Waals surface area (Å²) in [4.78, 5) is 28.3. The fourth-order valence-electron chi connectivity index (χ4n) is 4.31. The van der Waals surface area contributed by atoms with Crippen LogP contribution in [0.15, 0.2) is 53.5 Å². The Morgan fingerprint density at radius 1 is 1.12 bits per heavy atom. The van der Waals surface area contributed by atoms with Crippen LogP contribution in [0, 0.1) is 6.92 Å². The summed E-state index contributed by atoms with van der Waals surface area (Å²) in [6.07, 6.45) is 4.77. The van der Waals surface area contributed by atoms with Crippen molar-refractivity contribution in [2.45, 2.75) is 32.2 Å². The Hall–Kier alpha value is -3.16. The average Bonchev–Trinajstić information content (AvgIpc) is 3.67. The molecule has 178 valence electrons. The first kappa shape index (κ1) is 22.6. The molecule has 1 amide bonds. The first-order chi connectivity index (χ1) is 16.6. The Morgan fingerprint density at radius 3 is 2.74 bits per heavy atom. The van der Waals surface area contributed by atoms with Crippen molar-refractivity contribution in [1.29, 1.82) is 0 Å². The Kier molecular flexibility index (Phi) is 6.65. The zero-order valence-electron chi connectivity index (χ0n) is 19.6. The van der Waals surface area contributed by atoms with Gasteiger partial charge in [0.05, 0.1) is 30.9 Å². The van der Waals surface area contributed by atoms with Crippen LogP contribution in [0.2, 0.25) is 0 Å². The average molecular weight is 462 g/mol. The molecule has 0 atom stereocenters. The second-order valence-electron chi connectivity index (χ2n) is 9.14. The van der Waals surface area contributed by atoms with Crippen molar-refractivity contribution in [2.24, 2.45) is 0 Å². The summed E-state index contributed by atoms with van der Waals surface area (Å²) in [6.45, 7) is 7.06. The number of hydrogen-bond acceptors (Lipinski definition) is 5. The summed E-state index contributed by atoms with van der Waals surface area (Å²) in [7, 11) is 0. The number of aromatic nitrogens is 1. The van der Waals surface area contributed by atoms with E-state index in [1.165, 1.54) is 0 Å². The first-order valence-corrected chi connectivity index (χ1v) is 12.1. The highest BCUT2D eigenvalue weighted by molar-refractivity contribution is 5.95. The van der Waals surface area contributed by atoms with E-state index in [9.17, 15) is 9.59 Å². The minimum Gasteiger partial charge on any atom is -0.494 e. The van der Waals surface area contributed by atoms with Gasteiger partial charge in [-0.3, -0.25) is 19.1 Å². The quantitative estimate of drug-likeness (QED) is 0.521. The third kappa shape index (κ3) is 5.16. The van der Waals surface area contributed by atoms with Gasteiger partial charge in [0.15, 0.2) is 0 Å². The molecule has 1 N–H and O–H groups in total. The molecule has 7 nitrogen and oxygen atoms in total. The van der Waals surface area contributed by atoms with E-state index in [0.29, 0.717) is 29.0 Å². The van der Waals surface area contributed by atoms with Gasteiger partial charge in [0.25, 0.3) is 11.5 Å². The maximum Gasteiger partial charge on any atom is 0.263 e. The maximum atomic E-state index is 13.4. The SMILES string of the molecule is Cc1ccc(C(=O)NC2CC2)cc1-n1ccc2ccc(OCCCN3CCOCC3)cc2c1=O. The number of fused-ring (bicyclic) bond motifs is 1. The molecule has 2 aliphatic rings. The molecule has 1 aromatic heterocycles. The van der Waals surface area contributed by atoms with Gasteiger partial charge in [0.1, 0.15) is 5.75 Å². The van der Waals surface area contributed by atoms with Crippen LogP contribution in [0.5, 0.6) is 5.75 Å². The number of amides is 1. The fourth-order valence-corrected chi connectivity index (χ4v) is 4.31. The van der Waals surface area contributed by atoms with Gasteiger partial charge in [-0.2, -0.15) is 0 Å². The normalized spacial score (nSPS) is 16.5. The largest absolute Gasteiger partial charge is 0.494 e. The molecular weight excluding hydrogens is 430 g/mol. The van der Waals surface area contributed by atoms with Gasteiger partial charge in [-0.15, -0.1) is 0 Å². The summed E-state index contributed by atoms with van der Waals surface area (Å²) in [5.41, 5.74) is 2.09. The molecule has 0 radical (unpaired) electrons. The molecule has 1 saturated heterocycles. The topological polar surface area (TPSA) is 72.8 Å². The minimum absolute atomic E-state index is 0.0923. The first-order valence-electron chi connectivity index (χ1n) is 12.1. The van der Waals surface area contributed by atoms with E-state index in [4.69, 9.17) is 9.47 Å². The number of nitrogens with one attached hydrogen (secondary N) is 1. The van der Waals surface area contributed by atoms with E-state index >= 15 is 0 Å². The summed E-state index contributed by atoms with van der Waals surface area (Å²) < 4.78 is 13.0. The predicted molar refractivity (Wildman–Crippen MR) is 132 cm³/mol. The van der Waals surface area contributed by atoms with Gasteiger partial charge < -0.3 is 14.8 Å². The Morgan fingerprint density at radius 2 is 1.94 bits per heavy atom. The van der Waals surface area contributed by atoms with Crippen molar-refractivity contribution >= 4 is 16.7 Å². The third-order valence-electron chi connectivity index (χ3n) is 6.51. The molecule has 1 saturated carbocycles. The molecular formula is C27H31N3O4. The van der Waals surface area contributed by atoms with Crippen molar-refractivity contribution in [1.82, 2.24) is 14.8 Å². The van der Waals surface area contributed by atoms with E-state index in [-0.39, 0.29) is 17.5 Å². The summed E-state index contributed by atoms with van der Waals surface area (Å²) in [5.74, 6) is 0.601. The maximum absolute atomic E-state index is 13.4. The molecule has 0 spiro atoms. The Bertz CT molecular complexity index is 1240. The summed E-state index contributed by atoms with van der Waals surface area (Å²) in [5, 5.41) is 4.47. The molecule has 2 heterocycles. The van der Waals surface area contributed by atoms with Crippen LogP contribution in [0.1, 0.15) is 35.2 Å². The van der Waals surface area contributed by atoms with E-state index in [0.717, 1.165) is 63.1 Å². The molecule has 5 rings (SSSR count). The number of hydrogen-bond donors (Lipinski definition) is 1. The number of benzene rings is 2. The smallest absolute Gasteiger partial charge is 0.263 e. The lowest BCUT2D eigenvalue weighted by atomic mass is 10.1. The van der Waals surface area contributed by atoms with E-state index < -0.39 is 0 Å². The summed E-state index contributed by atoms with van der Waals surface area (Å²) in [6, 6.07) is 13.4. The standard InChI is InChI=1S/C27H31N3O4/c1-19-3-4-21(26(31)28-22-6-7-22)17-25(19)30-11-9-20-5-8-23(18-24(20)27(30)32)34-14-2-10-29-12-15-33-16-13-29/h3-5,8-9,11,17-18,22H,2,6-7,10,12-16H2,1H3,(H,28,31). The lowest BCUT2D eigenvalue weighted by Crippen LogP contribution is -2.37. The van der Waals surface area contributed by atoms with E-state index in [1.807, 2.05) is 43.3 Å². The van der Waals surface area contributed by atoms with Gasteiger partial charge in [-0.1, -0.05) is 12.1 Å². The zero-order chi connectivity index (χ0) is 23.5. The van der Waals surface area contributed by atoms with Crippen LogP contribution in [0.4, 0.5) is 0 Å². The lowest BCUT2D eigenvalue weighted by Gasteiger charge is -2.26. The van der Waals surface area contributed by atoms with Crippen LogP contribution in [-0.4, -0.2) is 60.9 Å². The van der Waals surface area contributed by atoms with Gasteiger partial charge in [-0.25, -0.2) is 0 Å². The van der Waals surface area contributed by atoms with Crippen molar-refractivity contribution in [2.75, 3.05) is 39.5 Å². The fraction of sp³-hybridized carbons (Fsp3) is 0.407. The third-order valence-corrected chi connectivity index (χ3v) is 6.51. The molecule has 7 heteroatoms. The van der Waals surface area contributed by atoms with Gasteiger partial charge in [0, 0.05) is 37.4 Å². The highest BCUT2D eigenvalue weighted by Crippen LogP contribution is 2.22. The van der Waals surface area contributed by atoms with Crippen LogP contribution in [0.3, 0.4) is 0 Å². The van der Waals surface area contributed by atoms with Crippen LogP contribution in [0.25, 0.3) is 16.5 Å². The second kappa shape index (κ2) is 9.99. The number of pyridine rings is 1. The molecule has 0 unspecified atom stereocenters. The van der Waals surface area contributed by atoms with E-state index in [1.54, 1.807) is 16.8 Å². The second-order valence-corrected chi connectivity index (χ2v) is 9.14. The van der Waals surface area contributed by atoms with E-state index in [2.05, 4.69) is 10.2 Å². The molecule has 3 aromatic rings. The van der Waals surface area contributed by atoms with Crippen LogP contribution in [-0.2, 0) is 4.74 Å². The van der Waals surface area contributed by atoms with Crippen LogP contribution < -0.4 is 15.6 Å². The molecule has 0 bridgehead atoms. The summed E-state index contributed by atoms with van der Waals surface area (Å²) >= 11 is 0. The number of carbonyl (C=O) groups is 1. The Labute approximate surface area is 199 Å². The zero-order valence-corrected chi connectivity index (χ0v) is 19.6.